The molecule has 1 aromatic carbocycles. The number of aryl methyl sites for hydroxylation is 1. The van der Waals surface area contributed by atoms with Crippen molar-refractivity contribution >= 4 is 17.7 Å². The number of carboxylic acid groups (broad SMARTS) is 1. The first-order valence-corrected chi connectivity index (χ1v) is 6.44. The summed E-state index contributed by atoms with van der Waals surface area (Å²) in [6.07, 6.45) is 0. The zero-order valence-corrected chi connectivity index (χ0v) is 12.1. The fraction of sp³-hybridized carbons (Fsp3) is 0.429. The van der Waals surface area contributed by atoms with E-state index in [0.717, 1.165) is 17.0 Å². The van der Waals surface area contributed by atoms with Gasteiger partial charge in [-0.2, -0.15) is 0 Å². The second-order valence-corrected chi connectivity index (χ2v) is 5.18. The highest BCUT2D eigenvalue weighted by Gasteiger charge is 2.19. The molecule has 0 aliphatic carbocycles. The third-order valence-corrected chi connectivity index (χ3v) is 2.69. The van der Waals surface area contributed by atoms with E-state index in [1.165, 1.54) is 6.92 Å². The van der Waals surface area contributed by atoms with Crippen molar-refractivity contribution in [2.75, 3.05) is 18.4 Å². The number of carbonyl (C=O) groups is 2. The molecule has 0 heterocycles. The number of aliphatic carboxylic acids is 1. The summed E-state index contributed by atoms with van der Waals surface area (Å²) < 4.78 is 27.1. The maximum Gasteiger partial charge on any atom is 0.323 e. The Morgan fingerprint density at radius 1 is 1.29 bits per heavy atom. The van der Waals surface area contributed by atoms with Crippen molar-refractivity contribution in [1.82, 2.24) is 4.90 Å². The fourth-order valence-electron chi connectivity index (χ4n) is 1.76. The number of nitrogens with zero attached hydrogens (tertiary/aromatic N) is 1. The number of carbonyl (C=O) groups excluding carboxylic acids is 1. The highest BCUT2D eigenvalue weighted by atomic mass is 19.1. The largest absolute Gasteiger partial charge is 0.480 e. The Balaban J connectivity index is 2.90. The smallest absolute Gasteiger partial charge is 0.323 e. The highest BCUT2D eigenvalue weighted by Crippen LogP contribution is 2.19. The van der Waals surface area contributed by atoms with Crippen molar-refractivity contribution in [2.45, 2.75) is 20.8 Å². The third kappa shape index (κ3) is 5.02. The third-order valence-electron chi connectivity index (χ3n) is 2.69. The molecule has 0 fully saturated rings. The molecule has 0 spiro atoms. The van der Waals surface area contributed by atoms with Crippen LogP contribution in [0.2, 0.25) is 0 Å². The van der Waals surface area contributed by atoms with Gasteiger partial charge in [0.05, 0.1) is 5.69 Å². The Hall–Kier alpha value is -2.18. The maximum atomic E-state index is 13.7. The van der Waals surface area contributed by atoms with E-state index in [-0.39, 0.29) is 23.7 Å². The average molecular weight is 300 g/mol. The van der Waals surface area contributed by atoms with Crippen LogP contribution in [-0.2, 0) is 4.79 Å². The van der Waals surface area contributed by atoms with Gasteiger partial charge in [0.1, 0.15) is 18.2 Å². The molecular formula is C14H18F2N2O3. The first-order valence-electron chi connectivity index (χ1n) is 6.44. The summed E-state index contributed by atoms with van der Waals surface area (Å²) in [5.74, 6) is -2.57. The molecule has 2 N–H and O–H groups in total. The summed E-state index contributed by atoms with van der Waals surface area (Å²) in [6, 6.07) is 1.06. The number of rotatable bonds is 5. The summed E-state index contributed by atoms with van der Waals surface area (Å²) in [6.45, 7) is 4.70. The molecule has 0 atom stereocenters. The van der Waals surface area contributed by atoms with Crippen LogP contribution in [0.3, 0.4) is 0 Å². The van der Waals surface area contributed by atoms with Crippen LogP contribution in [0.5, 0.6) is 0 Å². The molecule has 0 radical (unpaired) electrons. The first kappa shape index (κ1) is 16.9. The summed E-state index contributed by atoms with van der Waals surface area (Å²) in [5.41, 5.74) is -0.197. The topological polar surface area (TPSA) is 69.6 Å². The minimum Gasteiger partial charge on any atom is -0.480 e. The molecule has 7 heteroatoms. The van der Waals surface area contributed by atoms with Gasteiger partial charge in [0.25, 0.3) is 0 Å². The van der Waals surface area contributed by atoms with Crippen LogP contribution in [0.4, 0.5) is 19.3 Å². The average Bonchev–Trinajstić information content (AvgIpc) is 2.33. The lowest BCUT2D eigenvalue weighted by molar-refractivity contribution is -0.137. The predicted molar refractivity (Wildman–Crippen MR) is 74.2 cm³/mol. The van der Waals surface area contributed by atoms with E-state index >= 15 is 0 Å². The number of benzene rings is 1. The van der Waals surface area contributed by atoms with Crippen LogP contribution in [-0.4, -0.2) is 35.1 Å². The van der Waals surface area contributed by atoms with Crippen LogP contribution < -0.4 is 5.32 Å². The summed E-state index contributed by atoms with van der Waals surface area (Å²) in [4.78, 5) is 23.8. The normalized spacial score (nSPS) is 10.6. The van der Waals surface area contributed by atoms with E-state index in [9.17, 15) is 18.4 Å². The second kappa shape index (κ2) is 7.01. The maximum absolute atomic E-state index is 13.7. The molecule has 1 aromatic rings. The van der Waals surface area contributed by atoms with Crippen molar-refractivity contribution in [1.29, 1.82) is 0 Å². The van der Waals surface area contributed by atoms with Crippen molar-refractivity contribution in [3.8, 4) is 0 Å². The number of hydrogen-bond acceptors (Lipinski definition) is 2. The lowest BCUT2D eigenvalue weighted by atomic mass is 10.2. The van der Waals surface area contributed by atoms with Crippen LogP contribution in [0.25, 0.3) is 0 Å². The quantitative estimate of drug-likeness (QED) is 0.878. The molecule has 21 heavy (non-hydrogen) atoms. The number of nitrogens with one attached hydrogen (secondary N) is 1. The first-order chi connectivity index (χ1) is 9.70. The molecule has 0 aliphatic heterocycles. The molecule has 5 nitrogen and oxygen atoms in total. The Morgan fingerprint density at radius 3 is 2.43 bits per heavy atom. The van der Waals surface area contributed by atoms with Crippen LogP contribution in [0, 0.1) is 24.5 Å². The van der Waals surface area contributed by atoms with E-state index in [4.69, 9.17) is 5.11 Å². The van der Waals surface area contributed by atoms with Gasteiger partial charge >= 0.3 is 12.0 Å². The molecule has 0 saturated carbocycles. The van der Waals surface area contributed by atoms with Crippen molar-refractivity contribution in [2.24, 2.45) is 5.92 Å². The summed E-state index contributed by atoms with van der Waals surface area (Å²) in [7, 11) is 0. The van der Waals surface area contributed by atoms with E-state index in [0.29, 0.717) is 0 Å². The lowest BCUT2D eigenvalue weighted by Crippen LogP contribution is -2.41. The Kier molecular flexibility index (Phi) is 5.63. The Bertz CT molecular complexity index is 547. The van der Waals surface area contributed by atoms with Crippen molar-refractivity contribution in [3.05, 3.63) is 29.3 Å². The molecule has 1 rings (SSSR count). The molecule has 116 valence electrons. The summed E-state index contributed by atoms with van der Waals surface area (Å²) in [5, 5.41) is 11.0. The van der Waals surface area contributed by atoms with Gasteiger partial charge in [0.2, 0.25) is 0 Å². The molecule has 0 unspecified atom stereocenters. The van der Waals surface area contributed by atoms with Crippen molar-refractivity contribution < 1.29 is 23.5 Å². The SMILES string of the molecule is Cc1cc(F)c(NC(=O)N(CC(=O)O)CC(C)C)cc1F. The highest BCUT2D eigenvalue weighted by molar-refractivity contribution is 5.91. The molecule has 2 amide bonds. The fourth-order valence-corrected chi connectivity index (χ4v) is 1.76. The van der Waals surface area contributed by atoms with Gasteiger partial charge in [-0.05, 0) is 24.5 Å². The van der Waals surface area contributed by atoms with Crippen molar-refractivity contribution in [3.63, 3.8) is 0 Å². The molecule has 0 saturated heterocycles. The van der Waals surface area contributed by atoms with Gasteiger partial charge in [-0.15, -0.1) is 0 Å². The zero-order valence-electron chi connectivity index (χ0n) is 12.1. The number of hydrogen-bond donors (Lipinski definition) is 2. The minimum atomic E-state index is -1.18. The van der Waals surface area contributed by atoms with Crippen LogP contribution >= 0.6 is 0 Å². The van der Waals surface area contributed by atoms with Gasteiger partial charge in [-0.1, -0.05) is 13.8 Å². The van der Waals surface area contributed by atoms with Crippen LogP contribution in [0.15, 0.2) is 12.1 Å². The molecule has 0 aliphatic rings. The molecular weight excluding hydrogens is 282 g/mol. The number of amides is 2. The van der Waals surface area contributed by atoms with Gasteiger partial charge < -0.3 is 15.3 Å². The number of anilines is 1. The van der Waals surface area contributed by atoms with Gasteiger partial charge in [-0.25, -0.2) is 13.6 Å². The van der Waals surface area contributed by atoms with Gasteiger partial charge in [0.15, 0.2) is 0 Å². The van der Waals surface area contributed by atoms with E-state index in [1.54, 1.807) is 0 Å². The standard InChI is InChI=1S/C14H18F2N2O3/c1-8(2)6-18(7-13(19)20)14(21)17-12-5-10(15)9(3)4-11(12)16/h4-5,8H,6-7H2,1-3H3,(H,17,21)(H,19,20). The zero-order chi connectivity index (χ0) is 16.2. The van der Waals surface area contributed by atoms with E-state index < -0.39 is 30.2 Å². The van der Waals surface area contributed by atoms with E-state index in [1.807, 2.05) is 13.8 Å². The Morgan fingerprint density at radius 2 is 1.90 bits per heavy atom. The Labute approximate surface area is 121 Å². The molecule has 0 aromatic heterocycles. The number of halogens is 2. The molecule has 0 bridgehead atoms. The van der Waals surface area contributed by atoms with Crippen LogP contribution in [0.1, 0.15) is 19.4 Å². The monoisotopic (exact) mass is 300 g/mol. The number of urea groups is 1. The van der Waals surface area contributed by atoms with E-state index in [2.05, 4.69) is 5.32 Å². The predicted octanol–water partition coefficient (Wildman–Crippen LogP) is 2.85. The lowest BCUT2D eigenvalue weighted by Gasteiger charge is -2.23. The minimum absolute atomic E-state index is 0.0368. The number of carboxylic acids is 1. The summed E-state index contributed by atoms with van der Waals surface area (Å²) >= 11 is 0. The second-order valence-electron chi connectivity index (χ2n) is 5.18. The van der Waals surface area contributed by atoms with Gasteiger partial charge in [0, 0.05) is 12.6 Å². The van der Waals surface area contributed by atoms with Gasteiger partial charge in [-0.3, -0.25) is 4.79 Å².